The predicted octanol–water partition coefficient (Wildman–Crippen LogP) is 1.30. The van der Waals surface area contributed by atoms with Crippen molar-refractivity contribution >= 4 is 17.5 Å². The molecule has 1 N–H and O–H groups in total. The summed E-state index contributed by atoms with van der Waals surface area (Å²) in [4.78, 5) is 13.9. The Balaban J connectivity index is 2.04. The highest BCUT2D eigenvalue weighted by molar-refractivity contribution is 6.30. The number of likely N-dealkylation sites (N-methyl/N-ethyl adjacent to an activating group) is 1. The molecular formula is C14H19ClN2O3. The van der Waals surface area contributed by atoms with Gasteiger partial charge in [-0.05, 0) is 18.2 Å². The number of ether oxygens (including phenoxy) is 2. The topological polar surface area (TPSA) is 50.8 Å². The van der Waals surface area contributed by atoms with Crippen LogP contribution in [0.15, 0.2) is 18.2 Å². The van der Waals surface area contributed by atoms with Crippen molar-refractivity contribution in [3.63, 3.8) is 0 Å². The Labute approximate surface area is 123 Å². The van der Waals surface area contributed by atoms with Gasteiger partial charge in [-0.2, -0.15) is 0 Å². The molecule has 1 saturated heterocycles. The molecule has 20 heavy (non-hydrogen) atoms. The van der Waals surface area contributed by atoms with Crippen LogP contribution in [0.2, 0.25) is 5.02 Å². The third kappa shape index (κ3) is 3.62. The molecule has 2 rings (SSSR count). The first kappa shape index (κ1) is 15.1. The van der Waals surface area contributed by atoms with Crippen LogP contribution in [-0.2, 0) is 16.1 Å². The van der Waals surface area contributed by atoms with Gasteiger partial charge in [0.15, 0.2) is 0 Å². The van der Waals surface area contributed by atoms with E-state index in [4.69, 9.17) is 21.1 Å². The first-order chi connectivity index (χ1) is 9.61. The summed E-state index contributed by atoms with van der Waals surface area (Å²) in [5.74, 6) is 0.730. The van der Waals surface area contributed by atoms with Crippen LogP contribution in [0, 0.1) is 0 Å². The van der Waals surface area contributed by atoms with Gasteiger partial charge in [0.2, 0.25) is 5.91 Å². The SMILES string of the molecule is COc1ccc(Cl)cc1CN(C)C(=O)[C@H]1COCCN1. The largest absolute Gasteiger partial charge is 0.496 e. The number of carbonyl (C=O) groups is 1. The molecule has 1 aromatic rings. The van der Waals surface area contributed by atoms with Crippen molar-refractivity contribution in [3.8, 4) is 5.75 Å². The molecule has 1 heterocycles. The third-order valence-electron chi connectivity index (χ3n) is 3.25. The van der Waals surface area contributed by atoms with Gasteiger partial charge >= 0.3 is 0 Å². The number of amides is 1. The molecule has 0 saturated carbocycles. The Bertz CT molecular complexity index is 475. The number of carbonyl (C=O) groups excluding carboxylic acids is 1. The second-order valence-electron chi connectivity index (χ2n) is 4.73. The van der Waals surface area contributed by atoms with Crippen LogP contribution >= 0.6 is 11.6 Å². The molecule has 1 aromatic carbocycles. The van der Waals surface area contributed by atoms with Crippen molar-refractivity contribution in [1.29, 1.82) is 0 Å². The van der Waals surface area contributed by atoms with Crippen molar-refractivity contribution in [2.45, 2.75) is 12.6 Å². The summed E-state index contributed by atoms with van der Waals surface area (Å²) in [6, 6.07) is 5.11. The van der Waals surface area contributed by atoms with E-state index in [1.807, 2.05) is 6.07 Å². The number of hydrogen-bond donors (Lipinski definition) is 1. The molecule has 5 nitrogen and oxygen atoms in total. The summed E-state index contributed by atoms with van der Waals surface area (Å²) < 4.78 is 10.6. The smallest absolute Gasteiger partial charge is 0.242 e. The first-order valence-corrected chi connectivity index (χ1v) is 6.88. The number of hydrogen-bond acceptors (Lipinski definition) is 4. The number of morpholine rings is 1. The lowest BCUT2D eigenvalue weighted by Gasteiger charge is -2.28. The van der Waals surface area contributed by atoms with Gasteiger partial charge in [0.05, 0.1) is 20.3 Å². The summed E-state index contributed by atoms with van der Waals surface area (Å²) in [7, 11) is 3.37. The average molecular weight is 299 g/mol. The second kappa shape index (κ2) is 6.92. The van der Waals surface area contributed by atoms with Crippen molar-refractivity contribution in [1.82, 2.24) is 10.2 Å². The lowest BCUT2D eigenvalue weighted by molar-refractivity contribution is -0.135. The summed E-state index contributed by atoms with van der Waals surface area (Å²) in [6.45, 7) is 2.21. The lowest BCUT2D eigenvalue weighted by atomic mass is 10.1. The summed E-state index contributed by atoms with van der Waals surface area (Å²) in [6.07, 6.45) is 0. The third-order valence-corrected chi connectivity index (χ3v) is 3.48. The molecule has 0 spiro atoms. The first-order valence-electron chi connectivity index (χ1n) is 6.50. The number of halogens is 1. The Morgan fingerprint density at radius 3 is 3.05 bits per heavy atom. The molecule has 110 valence electrons. The number of nitrogens with zero attached hydrogens (tertiary/aromatic N) is 1. The molecule has 0 radical (unpaired) electrons. The van der Waals surface area contributed by atoms with Gasteiger partial charge in [-0.25, -0.2) is 0 Å². The van der Waals surface area contributed by atoms with Gasteiger partial charge in [0.25, 0.3) is 0 Å². The van der Waals surface area contributed by atoms with Gasteiger partial charge < -0.3 is 19.7 Å². The molecule has 1 atom stereocenters. The molecular weight excluding hydrogens is 280 g/mol. The fourth-order valence-corrected chi connectivity index (χ4v) is 2.39. The van der Waals surface area contributed by atoms with E-state index in [1.54, 1.807) is 31.2 Å². The van der Waals surface area contributed by atoms with Crippen LogP contribution in [0.4, 0.5) is 0 Å². The lowest BCUT2D eigenvalue weighted by Crippen LogP contribution is -2.51. The minimum atomic E-state index is -0.279. The molecule has 1 aliphatic heterocycles. The number of methoxy groups -OCH3 is 1. The zero-order valence-corrected chi connectivity index (χ0v) is 12.4. The van der Waals surface area contributed by atoms with Crippen LogP contribution < -0.4 is 10.1 Å². The standard InChI is InChI=1S/C14H19ClN2O3/c1-17(14(18)12-9-20-6-5-16-12)8-10-7-11(15)3-4-13(10)19-2/h3-4,7,12,16H,5-6,8-9H2,1-2H3/t12-/m1/s1. The van der Waals surface area contributed by atoms with Gasteiger partial charge in [0.1, 0.15) is 11.8 Å². The van der Waals surface area contributed by atoms with Crippen LogP contribution in [0.3, 0.4) is 0 Å². The monoisotopic (exact) mass is 298 g/mol. The minimum Gasteiger partial charge on any atom is -0.496 e. The molecule has 0 bridgehead atoms. The van der Waals surface area contributed by atoms with Crippen molar-refractivity contribution < 1.29 is 14.3 Å². The van der Waals surface area contributed by atoms with Gasteiger partial charge in [0, 0.05) is 30.7 Å². The predicted molar refractivity (Wildman–Crippen MR) is 77.1 cm³/mol. The van der Waals surface area contributed by atoms with E-state index in [2.05, 4.69) is 5.32 Å². The maximum atomic E-state index is 12.3. The quantitative estimate of drug-likeness (QED) is 0.910. The fourth-order valence-electron chi connectivity index (χ4n) is 2.19. The summed E-state index contributed by atoms with van der Waals surface area (Å²) >= 11 is 5.99. The van der Waals surface area contributed by atoms with Crippen molar-refractivity contribution in [3.05, 3.63) is 28.8 Å². The number of rotatable bonds is 4. The normalized spacial score (nSPS) is 18.6. The van der Waals surface area contributed by atoms with Gasteiger partial charge in [-0.15, -0.1) is 0 Å². The highest BCUT2D eigenvalue weighted by atomic mass is 35.5. The number of nitrogens with one attached hydrogen (secondary N) is 1. The van der Waals surface area contributed by atoms with Crippen LogP contribution in [0.5, 0.6) is 5.75 Å². The molecule has 0 unspecified atom stereocenters. The highest BCUT2D eigenvalue weighted by Gasteiger charge is 2.24. The fraction of sp³-hybridized carbons (Fsp3) is 0.500. The average Bonchev–Trinajstić information content (AvgIpc) is 2.47. The van der Waals surface area contributed by atoms with Crippen LogP contribution in [-0.4, -0.2) is 50.8 Å². The van der Waals surface area contributed by atoms with E-state index in [9.17, 15) is 4.79 Å². The Hall–Kier alpha value is -1.30. The minimum absolute atomic E-state index is 0.00623. The molecule has 0 aliphatic carbocycles. The Morgan fingerprint density at radius 2 is 2.40 bits per heavy atom. The Kier molecular flexibility index (Phi) is 5.23. The molecule has 1 fully saturated rings. The maximum Gasteiger partial charge on any atom is 0.242 e. The highest BCUT2D eigenvalue weighted by Crippen LogP contribution is 2.23. The molecule has 0 aromatic heterocycles. The van der Waals surface area contributed by atoms with Crippen LogP contribution in [0.25, 0.3) is 0 Å². The molecule has 6 heteroatoms. The van der Waals surface area contributed by atoms with Crippen molar-refractivity contribution in [2.75, 3.05) is 33.9 Å². The maximum absolute atomic E-state index is 12.3. The van der Waals surface area contributed by atoms with E-state index in [0.29, 0.717) is 31.3 Å². The Morgan fingerprint density at radius 1 is 1.60 bits per heavy atom. The van der Waals surface area contributed by atoms with E-state index in [-0.39, 0.29) is 11.9 Å². The van der Waals surface area contributed by atoms with E-state index in [1.165, 1.54) is 0 Å². The van der Waals surface area contributed by atoms with E-state index < -0.39 is 0 Å². The van der Waals surface area contributed by atoms with Crippen LogP contribution in [0.1, 0.15) is 5.56 Å². The molecule has 1 aliphatic rings. The van der Waals surface area contributed by atoms with E-state index >= 15 is 0 Å². The summed E-state index contributed by atoms with van der Waals surface area (Å²) in [5, 5.41) is 3.78. The van der Waals surface area contributed by atoms with E-state index in [0.717, 1.165) is 11.3 Å². The zero-order valence-electron chi connectivity index (χ0n) is 11.7. The number of benzene rings is 1. The van der Waals surface area contributed by atoms with Gasteiger partial charge in [-0.1, -0.05) is 11.6 Å². The second-order valence-corrected chi connectivity index (χ2v) is 5.17. The van der Waals surface area contributed by atoms with Crippen molar-refractivity contribution in [2.24, 2.45) is 0 Å². The summed E-state index contributed by atoms with van der Waals surface area (Å²) in [5.41, 5.74) is 0.882. The molecule has 1 amide bonds. The van der Waals surface area contributed by atoms with Gasteiger partial charge in [-0.3, -0.25) is 4.79 Å². The zero-order chi connectivity index (χ0) is 14.5.